The summed E-state index contributed by atoms with van der Waals surface area (Å²) in [5.74, 6) is 0.474. The number of nitrogens with zero attached hydrogens (tertiary/aromatic N) is 1. The van der Waals surface area contributed by atoms with Gasteiger partial charge in [0.1, 0.15) is 10.7 Å². The summed E-state index contributed by atoms with van der Waals surface area (Å²) in [6.07, 6.45) is 1.56. The van der Waals surface area contributed by atoms with Crippen molar-refractivity contribution in [2.24, 2.45) is 0 Å². The van der Waals surface area contributed by atoms with Gasteiger partial charge < -0.3 is 5.32 Å². The first-order valence-corrected chi connectivity index (χ1v) is 9.55. The van der Waals surface area contributed by atoms with E-state index in [0.29, 0.717) is 18.8 Å². The zero-order chi connectivity index (χ0) is 14.8. The summed E-state index contributed by atoms with van der Waals surface area (Å²) in [5, 5.41) is 2.96. The van der Waals surface area contributed by atoms with Gasteiger partial charge >= 0.3 is 0 Å². The lowest BCUT2D eigenvalue weighted by Gasteiger charge is -2.11. The maximum atomic E-state index is 12.1. The van der Waals surface area contributed by atoms with Crippen LogP contribution in [0.5, 0.6) is 0 Å². The van der Waals surface area contributed by atoms with E-state index in [1.165, 1.54) is 12.3 Å². The molecule has 7 nitrogen and oxygen atoms in total. The zero-order valence-corrected chi connectivity index (χ0v) is 12.7. The second-order valence-electron chi connectivity index (χ2n) is 4.63. The third kappa shape index (κ3) is 3.68. The zero-order valence-electron chi connectivity index (χ0n) is 11.0. The average molecular weight is 319 g/mol. The minimum absolute atomic E-state index is 0.0256. The molecule has 9 heteroatoms. The van der Waals surface area contributed by atoms with Gasteiger partial charge in [-0.2, -0.15) is 0 Å². The molecular weight excluding hydrogens is 302 g/mol. The van der Waals surface area contributed by atoms with Crippen molar-refractivity contribution in [1.82, 2.24) is 9.71 Å². The molecule has 0 saturated carbocycles. The monoisotopic (exact) mass is 319 g/mol. The second-order valence-corrected chi connectivity index (χ2v) is 8.57. The van der Waals surface area contributed by atoms with Crippen molar-refractivity contribution in [1.29, 1.82) is 0 Å². The molecule has 0 aliphatic carbocycles. The van der Waals surface area contributed by atoms with Gasteiger partial charge in [-0.3, -0.25) is 0 Å². The minimum Gasteiger partial charge on any atom is -0.370 e. The van der Waals surface area contributed by atoms with Crippen LogP contribution < -0.4 is 10.0 Å². The van der Waals surface area contributed by atoms with E-state index >= 15 is 0 Å². The standard InChI is InChI=1S/C11H17N3O4S2/c1-2-12-11-4-3-10(7-13-11)20(17,18)14-9-5-6-19(15,16)8-9/h3-4,7,9,14H,2,5-6,8H2,1H3,(H,12,13). The Hall–Kier alpha value is -1.19. The van der Waals surface area contributed by atoms with Crippen molar-refractivity contribution >= 4 is 25.7 Å². The van der Waals surface area contributed by atoms with Gasteiger partial charge in [0.2, 0.25) is 10.0 Å². The van der Waals surface area contributed by atoms with E-state index in [2.05, 4.69) is 15.0 Å². The summed E-state index contributed by atoms with van der Waals surface area (Å²) >= 11 is 0. The maximum absolute atomic E-state index is 12.1. The lowest BCUT2D eigenvalue weighted by Crippen LogP contribution is -2.35. The molecule has 1 aliphatic rings. The number of hydrogen-bond acceptors (Lipinski definition) is 6. The van der Waals surface area contributed by atoms with Crippen molar-refractivity contribution in [2.75, 3.05) is 23.4 Å². The van der Waals surface area contributed by atoms with Gasteiger partial charge in [0.05, 0.1) is 11.5 Å². The number of aromatic nitrogens is 1. The summed E-state index contributed by atoms with van der Waals surface area (Å²) in [5.41, 5.74) is 0. The smallest absolute Gasteiger partial charge is 0.242 e. The van der Waals surface area contributed by atoms with Gasteiger partial charge in [-0.15, -0.1) is 0 Å². The lowest BCUT2D eigenvalue weighted by molar-refractivity contribution is 0.562. The number of sulfonamides is 1. The van der Waals surface area contributed by atoms with Crippen molar-refractivity contribution in [3.8, 4) is 0 Å². The fourth-order valence-electron chi connectivity index (χ4n) is 2.00. The first kappa shape index (κ1) is 15.2. The van der Waals surface area contributed by atoms with Crippen LogP contribution in [0.15, 0.2) is 23.2 Å². The Morgan fingerprint density at radius 3 is 2.65 bits per heavy atom. The van der Waals surface area contributed by atoms with Crippen LogP contribution in [-0.2, 0) is 19.9 Å². The van der Waals surface area contributed by atoms with Crippen LogP contribution in [0.2, 0.25) is 0 Å². The Bertz CT molecular complexity index is 668. The maximum Gasteiger partial charge on any atom is 0.242 e. The van der Waals surface area contributed by atoms with E-state index in [4.69, 9.17) is 0 Å². The highest BCUT2D eigenvalue weighted by molar-refractivity contribution is 7.92. The molecule has 2 heterocycles. The fourth-order valence-corrected chi connectivity index (χ4v) is 4.99. The number of sulfone groups is 1. The first-order valence-electron chi connectivity index (χ1n) is 6.25. The summed E-state index contributed by atoms with van der Waals surface area (Å²) in [6.45, 7) is 2.60. The number of nitrogens with one attached hydrogen (secondary N) is 2. The van der Waals surface area contributed by atoms with Crippen LogP contribution in [0.4, 0.5) is 5.82 Å². The van der Waals surface area contributed by atoms with Crippen LogP contribution >= 0.6 is 0 Å². The highest BCUT2D eigenvalue weighted by Crippen LogP contribution is 2.16. The molecule has 112 valence electrons. The average Bonchev–Trinajstić information content (AvgIpc) is 2.69. The molecule has 2 N–H and O–H groups in total. The summed E-state index contributed by atoms with van der Waals surface area (Å²) in [4.78, 5) is 4.02. The number of rotatable bonds is 5. The summed E-state index contributed by atoms with van der Waals surface area (Å²) in [6, 6.07) is 2.46. The molecule has 20 heavy (non-hydrogen) atoms. The molecule has 1 unspecified atom stereocenters. The molecule has 0 spiro atoms. The van der Waals surface area contributed by atoms with E-state index < -0.39 is 25.9 Å². The summed E-state index contributed by atoms with van der Waals surface area (Å²) < 4.78 is 49.3. The Morgan fingerprint density at radius 1 is 1.40 bits per heavy atom. The Kier molecular flexibility index (Phi) is 4.31. The predicted molar refractivity (Wildman–Crippen MR) is 75.8 cm³/mol. The SMILES string of the molecule is CCNc1ccc(S(=O)(=O)NC2CCS(=O)(=O)C2)cn1. The molecule has 2 rings (SSSR count). The quantitative estimate of drug-likeness (QED) is 0.790. The van der Waals surface area contributed by atoms with Gasteiger partial charge in [-0.25, -0.2) is 26.5 Å². The number of pyridine rings is 1. The fraction of sp³-hybridized carbons (Fsp3) is 0.545. The highest BCUT2D eigenvalue weighted by atomic mass is 32.2. The van der Waals surface area contributed by atoms with Gasteiger partial charge in [0, 0.05) is 18.8 Å². The summed E-state index contributed by atoms with van der Waals surface area (Å²) in [7, 11) is -6.85. The third-order valence-corrected chi connectivity index (χ3v) is 6.23. The van der Waals surface area contributed by atoms with E-state index in [-0.39, 0.29) is 16.4 Å². The number of hydrogen-bond donors (Lipinski definition) is 2. The first-order chi connectivity index (χ1) is 9.32. The second kappa shape index (κ2) is 5.66. The molecule has 0 amide bonds. The molecule has 1 saturated heterocycles. The van der Waals surface area contributed by atoms with Gasteiger partial charge in [0.25, 0.3) is 0 Å². The topological polar surface area (TPSA) is 105 Å². The van der Waals surface area contributed by atoms with E-state index in [1.54, 1.807) is 6.07 Å². The molecule has 1 atom stereocenters. The van der Waals surface area contributed by atoms with E-state index in [0.717, 1.165) is 0 Å². The van der Waals surface area contributed by atoms with Gasteiger partial charge in [-0.1, -0.05) is 0 Å². The van der Waals surface area contributed by atoms with Gasteiger partial charge in [-0.05, 0) is 25.5 Å². The van der Waals surface area contributed by atoms with Crippen LogP contribution in [0, 0.1) is 0 Å². The largest absolute Gasteiger partial charge is 0.370 e. The van der Waals surface area contributed by atoms with Crippen molar-refractivity contribution < 1.29 is 16.8 Å². The van der Waals surface area contributed by atoms with Crippen LogP contribution in [-0.4, -0.2) is 45.9 Å². The molecule has 0 radical (unpaired) electrons. The van der Waals surface area contributed by atoms with E-state index in [9.17, 15) is 16.8 Å². The Balaban J connectivity index is 2.10. The van der Waals surface area contributed by atoms with Gasteiger partial charge in [0.15, 0.2) is 9.84 Å². The van der Waals surface area contributed by atoms with Crippen molar-refractivity contribution in [3.05, 3.63) is 18.3 Å². The van der Waals surface area contributed by atoms with E-state index in [1.807, 2.05) is 6.92 Å². The van der Waals surface area contributed by atoms with Crippen LogP contribution in [0.3, 0.4) is 0 Å². The van der Waals surface area contributed by atoms with Crippen molar-refractivity contribution in [2.45, 2.75) is 24.3 Å². The molecule has 0 aromatic carbocycles. The molecule has 1 aliphatic heterocycles. The predicted octanol–water partition coefficient (Wildman–Crippen LogP) is -0.0212. The van der Waals surface area contributed by atoms with Crippen molar-refractivity contribution in [3.63, 3.8) is 0 Å². The van der Waals surface area contributed by atoms with Crippen LogP contribution in [0.1, 0.15) is 13.3 Å². The van der Waals surface area contributed by atoms with Crippen LogP contribution in [0.25, 0.3) is 0 Å². The highest BCUT2D eigenvalue weighted by Gasteiger charge is 2.31. The Morgan fingerprint density at radius 2 is 2.15 bits per heavy atom. The molecule has 1 aromatic rings. The molecule has 1 aromatic heterocycles. The molecule has 0 bridgehead atoms. The lowest BCUT2D eigenvalue weighted by atomic mass is 10.3. The molecular formula is C11H17N3O4S2. The Labute approximate surface area is 118 Å². The minimum atomic E-state index is -3.73. The molecule has 1 fully saturated rings. The third-order valence-electron chi connectivity index (χ3n) is 2.96. The normalized spacial score (nSPS) is 21.8. The number of anilines is 1.